The molecule has 5 nitrogen and oxygen atoms in total. The molecule has 0 aliphatic carbocycles. The topological polar surface area (TPSA) is 54.0 Å². The fourth-order valence-corrected chi connectivity index (χ4v) is 4.20. The van der Waals surface area contributed by atoms with Crippen molar-refractivity contribution in [3.05, 3.63) is 0 Å². The van der Waals surface area contributed by atoms with Gasteiger partial charge >= 0.3 is 5.97 Å². The summed E-state index contributed by atoms with van der Waals surface area (Å²) in [6.45, 7) is 10.4. The Labute approximate surface area is 218 Å². The Kier molecular flexibility index (Phi) is 29.0. The van der Waals surface area contributed by atoms with Crippen molar-refractivity contribution in [2.24, 2.45) is 5.92 Å². The van der Waals surface area contributed by atoms with Crippen molar-refractivity contribution in [1.29, 1.82) is 0 Å². The highest BCUT2D eigenvalue weighted by Crippen LogP contribution is 2.14. The molecule has 0 bridgehead atoms. The maximum Gasteiger partial charge on any atom is 0.308 e. The van der Waals surface area contributed by atoms with E-state index in [0.717, 1.165) is 38.7 Å². The van der Waals surface area contributed by atoms with Crippen LogP contribution in [-0.2, 0) is 23.7 Å². The maximum absolute atomic E-state index is 12.0. The molecule has 0 heterocycles. The summed E-state index contributed by atoms with van der Waals surface area (Å²) in [5.41, 5.74) is 0. The number of carbonyl (C=O) groups excluding carboxylic acids is 1. The van der Waals surface area contributed by atoms with Crippen molar-refractivity contribution >= 4 is 5.97 Å². The second-order valence-electron chi connectivity index (χ2n) is 9.85. The summed E-state index contributed by atoms with van der Waals surface area (Å²) in [7, 11) is 0. The molecule has 1 atom stereocenters. The first-order valence-electron chi connectivity index (χ1n) is 15.2. The van der Waals surface area contributed by atoms with Gasteiger partial charge in [0.25, 0.3) is 0 Å². The molecule has 0 saturated carbocycles. The molecule has 0 aliphatic heterocycles. The molecular formula is C30H60O5. The third-order valence-corrected chi connectivity index (χ3v) is 6.59. The zero-order valence-electron chi connectivity index (χ0n) is 23.8. The number of hydrogen-bond acceptors (Lipinski definition) is 5. The molecule has 0 spiro atoms. The van der Waals surface area contributed by atoms with Gasteiger partial charge in [0, 0.05) is 6.61 Å². The molecule has 0 radical (unpaired) electrons. The van der Waals surface area contributed by atoms with Crippen molar-refractivity contribution in [2.75, 3.05) is 46.2 Å². The van der Waals surface area contributed by atoms with Gasteiger partial charge in [0.1, 0.15) is 6.61 Å². The van der Waals surface area contributed by atoms with Crippen LogP contribution >= 0.6 is 0 Å². The summed E-state index contributed by atoms with van der Waals surface area (Å²) in [6, 6.07) is 0. The van der Waals surface area contributed by atoms with Gasteiger partial charge in [-0.15, -0.1) is 0 Å². The Balaban J connectivity index is 3.18. The summed E-state index contributed by atoms with van der Waals surface area (Å²) in [5, 5.41) is 0. The molecule has 0 aromatic rings. The van der Waals surface area contributed by atoms with Gasteiger partial charge in [-0.05, 0) is 19.3 Å². The van der Waals surface area contributed by atoms with E-state index in [4.69, 9.17) is 18.9 Å². The molecule has 0 amide bonds. The Hall–Kier alpha value is -0.650. The van der Waals surface area contributed by atoms with Crippen molar-refractivity contribution in [3.63, 3.8) is 0 Å². The third-order valence-electron chi connectivity index (χ3n) is 6.59. The van der Waals surface area contributed by atoms with Crippen LogP contribution in [0.5, 0.6) is 0 Å². The Bertz CT molecular complexity index is 416. The molecule has 0 aromatic heterocycles. The number of rotatable bonds is 29. The lowest BCUT2D eigenvalue weighted by atomic mass is 10.00. The first kappa shape index (κ1) is 34.4. The van der Waals surface area contributed by atoms with Crippen LogP contribution in [0, 0.1) is 5.92 Å². The fourth-order valence-electron chi connectivity index (χ4n) is 4.20. The molecule has 0 saturated heterocycles. The van der Waals surface area contributed by atoms with Gasteiger partial charge in [-0.2, -0.15) is 0 Å². The highest BCUT2D eigenvalue weighted by atomic mass is 16.6. The number of carbonyl (C=O) groups is 1. The Morgan fingerprint density at radius 1 is 0.486 bits per heavy atom. The molecule has 0 aliphatic rings. The quantitative estimate of drug-likeness (QED) is 0.0764. The largest absolute Gasteiger partial charge is 0.463 e. The lowest BCUT2D eigenvalue weighted by Crippen LogP contribution is -2.20. The van der Waals surface area contributed by atoms with E-state index in [1.807, 2.05) is 6.92 Å². The van der Waals surface area contributed by atoms with Gasteiger partial charge in [-0.25, -0.2) is 0 Å². The zero-order chi connectivity index (χ0) is 25.7. The van der Waals surface area contributed by atoms with Gasteiger partial charge in [-0.3, -0.25) is 4.79 Å². The van der Waals surface area contributed by atoms with Crippen LogP contribution in [0.25, 0.3) is 0 Å². The molecule has 210 valence electrons. The standard InChI is InChI=1S/C30H60O5/c1-4-7-9-10-11-12-13-14-15-16-17-18-19-20-22-32-23-24-33-25-26-34-27-28-35-30(31)29(6-3)21-8-5-2/h29H,4-28H2,1-3H3. The van der Waals surface area contributed by atoms with Crippen LogP contribution in [0.4, 0.5) is 0 Å². The molecule has 0 rings (SSSR count). The van der Waals surface area contributed by atoms with E-state index in [-0.39, 0.29) is 11.9 Å². The van der Waals surface area contributed by atoms with Crippen LogP contribution in [0.15, 0.2) is 0 Å². The van der Waals surface area contributed by atoms with E-state index in [2.05, 4.69) is 13.8 Å². The minimum atomic E-state index is -0.0863. The second-order valence-corrected chi connectivity index (χ2v) is 9.85. The van der Waals surface area contributed by atoms with E-state index in [1.54, 1.807) is 0 Å². The van der Waals surface area contributed by atoms with E-state index in [9.17, 15) is 4.79 Å². The summed E-state index contributed by atoms with van der Waals surface area (Å²) >= 11 is 0. The number of ether oxygens (including phenoxy) is 4. The first-order valence-corrected chi connectivity index (χ1v) is 15.2. The molecule has 35 heavy (non-hydrogen) atoms. The Morgan fingerprint density at radius 3 is 1.34 bits per heavy atom. The van der Waals surface area contributed by atoms with E-state index in [1.165, 1.54) is 83.5 Å². The highest BCUT2D eigenvalue weighted by molar-refractivity contribution is 5.72. The van der Waals surface area contributed by atoms with Crippen molar-refractivity contribution in [1.82, 2.24) is 0 Å². The third kappa shape index (κ3) is 26.2. The van der Waals surface area contributed by atoms with Crippen molar-refractivity contribution in [3.8, 4) is 0 Å². The highest BCUT2D eigenvalue weighted by Gasteiger charge is 2.16. The van der Waals surface area contributed by atoms with Crippen LogP contribution < -0.4 is 0 Å². The number of esters is 1. The molecule has 5 heteroatoms. The lowest BCUT2D eigenvalue weighted by molar-refractivity contribution is -0.150. The lowest BCUT2D eigenvalue weighted by Gasteiger charge is -2.13. The predicted molar refractivity (Wildman–Crippen MR) is 147 cm³/mol. The van der Waals surface area contributed by atoms with E-state index >= 15 is 0 Å². The molecule has 0 N–H and O–H groups in total. The average Bonchev–Trinajstić information content (AvgIpc) is 2.87. The van der Waals surface area contributed by atoms with E-state index in [0.29, 0.717) is 39.6 Å². The molecule has 1 unspecified atom stereocenters. The predicted octanol–water partition coefficient (Wildman–Crippen LogP) is 8.28. The normalized spacial score (nSPS) is 12.2. The first-order chi connectivity index (χ1) is 17.3. The smallest absolute Gasteiger partial charge is 0.308 e. The maximum atomic E-state index is 12.0. The molecular weight excluding hydrogens is 440 g/mol. The summed E-state index contributed by atoms with van der Waals surface area (Å²) in [4.78, 5) is 12.0. The average molecular weight is 501 g/mol. The number of unbranched alkanes of at least 4 members (excludes halogenated alkanes) is 14. The molecule has 0 fully saturated rings. The van der Waals surface area contributed by atoms with Crippen LogP contribution in [-0.4, -0.2) is 52.2 Å². The van der Waals surface area contributed by atoms with Gasteiger partial charge in [0.05, 0.1) is 39.0 Å². The summed E-state index contributed by atoms with van der Waals surface area (Å²) in [6.07, 6.45) is 23.2. The SMILES string of the molecule is CCCCCCCCCCCCCCCCOCCOCCOCCOC(=O)C(CC)CCCC. The van der Waals surface area contributed by atoms with Gasteiger partial charge < -0.3 is 18.9 Å². The van der Waals surface area contributed by atoms with Gasteiger partial charge in [0.2, 0.25) is 0 Å². The van der Waals surface area contributed by atoms with Crippen molar-refractivity contribution in [2.45, 2.75) is 136 Å². The monoisotopic (exact) mass is 500 g/mol. The van der Waals surface area contributed by atoms with Crippen LogP contribution in [0.1, 0.15) is 136 Å². The van der Waals surface area contributed by atoms with Crippen LogP contribution in [0.3, 0.4) is 0 Å². The minimum absolute atomic E-state index is 0.0304. The molecule has 0 aromatic carbocycles. The fraction of sp³-hybridized carbons (Fsp3) is 0.967. The van der Waals surface area contributed by atoms with E-state index < -0.39 is 0 Å². The number of hydrogen-bond donors (Lipinski definition) is 0. The van der Waals surface area contributed by atoms with Crippen molar-refractivity contribution < 1.29 is 23.7 Å². The zero-order valence-corrected chi connectivity index (χ0v) is 23.8. The van der Waals surface area contributed by atoms with Crippen LogP contribution in [0.2, 0.25) is 0 Å². The second kappa shape index (κ2) is 29.6. The minimum Gasteiger partial charge on any atom is -0.463 e. The summed E-state index contributed by atoms with van der Waals surface area (Å²) < 4.78 is 22.0. The summed E-state index contributed by atoms with van der Waals surface area (Å²) in [5.74, 6) is -0.0560. The van der Waals surface area contributed by atoms with Gasteiger partial charge in [0.15, 0.2) is 0 Å². The Morgan fingerprint density at radius 2 is 0.886 bits per heavy atom. The van der Waals surface area contributed by atoms with Gasteiger partial charge in [-0.1, -0.05) is 117 Å².